The van der Waals surface area contributed by atoms with Crippen molar-refractivity contribution in [1.82, 2.24) is 4.31 Å². The number of aryl methyl sites for hydroxylation is 1. The Morgan fingerprint density at radius 3 is 2.13 bits per heavy atom. The van der Waals surface area contributed by atoms with E-state index < -0.39 is 23.5 Å². The van der Waals surface area contributed by atoms with Gasteiger partial charge in [-0.15, -0.1) is 11.3 Å². The van der Waals surface area contributed by atoms with Crippen LogP contribution >= 0.6 is 23.3 Å². The van der Waals surface area contributed by atoms with Crippen LogP contribution in [0.3, 0.4) is 0 Å². The molecule has 1 aliphatic rings. The van der Waals surface area contributed by atoms with E-state index in [4.69, 9.17) is 0 Å². The molecule has 0 amide bonds. The van der Waals surface area contributed by atoms with E-state index in [-0.39, 0.29) is 6.04 Å². The summed E-state index contributed by atoms with van der Waals surface area (Å²) in [4.78, 5) is 2.01. The number of thiophene rings is 1. The topological polar surface area (TPSA) is 26.7 Å². The molecule has 4 rings (SSSR count). The van der Waals surface area contributed by atoms with Crippen LogP contribution in [0.4, 0.5) is 32.0 Å². The van der Waals surface area contributed by atoms with Gasteiger partial charge in [-0.2, -0.15) is 26.3 Å². The molecular formula is C27H30F6N2OS2. The molecule has 3 aromatic rings. The largest absolute Gasteiger partial charge is 0.430 e. The number of halogens is 6. The zero-order valence-electron chi connectivity index (χ0n) is 21.2. The molecule has 11 heteroatoms. The summed E-state index contributed by atoms with van der Waals surface area (Å²) in [5.74, 6) is 0. The average Bonchev–Trinajstić information content (AvgIpc) is 3.37. The van der Waals surface area contributed by atoms with E-state index in [2.05, 4.69) is 10.4 Å². The smallest absolute Gasteiger partial charge is 0.369 e. The Kier molecular flexibility index (Phi) is 9.83. The first-order valence-corrected chi connectivity index (χ1v) is 13.8. The van der Waals surface area contributed by atoms with Crippen LogP contribution in [0.1, 0.15) is 30.5 Å². The molecule has 0 aliphatic carbocycles. The average molecular weight is 577 g/mol. The Morgan fingerprint density at radius 2 is 1.58 bits per heavy atom. The monoisotopic (exact) mass is 576 g/mol. The molecule has 3 nitrogen and oxygen atoms in total. The Morgan fingerprint density at radius 1 is 0.921 bits per heavy atom. The molecule has 1 N–H and O–H groups in total. The van der Waals surface area contributed by atoms with E-state index in [9.17, 15) is 31.4 Å². The van der Waals surface area contributed by atoms with Crippen LogP contribution in [0.25, 0.3) is 0 Å². The molecule has 1 unspecified atom stereocenters. The SMILES string of the molecule is CC.Cc1cccc(CC2CN(Sc3cccs3)CCN2c2ccc(C(O)(C(F)(F)F)C(F)(F)F)cc2)c1. The lowest BCUT2D eigenvalue weighted by Gasteiger charge is -2.42. The fourth-order valence-electron chi connectivity index (χ4n) is 4.36. The molecule has 2 aromatic carbocycles. The number of alkyl halides is 6. The van der Waals surface area contributed by atoms with Crippen LogP contribution in [0.15, 0.2) is 70.3 Å². The zero-order valence-corrected chi connectivity index (χ0v) is 22.8. The van der Waals surface area contributed by atoms with Crippen molar-refractivity contribution in [1.29, 1.82) is 0 Å². The van der Waals surface area contributed by atoms with E-state index in [0.717, 1.165) is 15.3 Å². The molecule has 2 heterocycles. The second kappa shape index (κ2) is 12.3. The first kappa shape index (κ1) is 30.3. The quantitative estimate of drug-likeness (QED) is 0.239. The van der Waals surface area contributed by atoms with E-state index in [0.29, 0.717) is 43.9 Å². The van der Waals surface area contributed by atoms with Crippen molar-refractivity contribution in [2.24, 2.45) is 0 Å². The Bertz CT molecular complexity index is 1140. The highest BCUT2D eigenvalue weighted by Gasteiger charge is 2.71. The van der Waals surface area contributed by atoms with Gasteiger partial charge in [0.05, 0.1) is 4.21 Å². The minimum atomic E-state index is -5.91. The second-order valence-electron chi connectivity index (χ2n) is 8.70. The van der Waals surface area contributed by atoms with Gasteiger partial charge < -0.3 is 10.0 Å². The molecular weight excluding hydrogens is 546 g/mol. The third-order valence-corrected chi connectivity index (χ3v) is 8.23. The molecule has 0 bridgehead atoms. The molecule has 1 saturated heterocycles. The molecule has 38 heavy (non-hydrogen) atoms. The molecule has 0 spiro atoms. The minimum Gasteiger partial charge on any atom is -0.369 e. The summed E-state index contributed by atoms with van der Waals surface area (Å²) in [5.41, 5.74) is -3.50. The summed E-state index contributed by atoms with van der Waals surface area (Å²) in [6.45, 7) is 7.83. The summed E-state index contributed by atoms with van der Waals surface area (Å²) in [7, 11) is 0. The third kappa shape index (κ3) is 6.67. The summed E-state index contributed by atoms with van der Waals surface area (Å²) < 4.78 is 83.1. The highest BCUT2D eigenvalue weighted by molar-refractivity contribution is 7.98. The van der Waals surface area contributed by atoms with Crippen molar-refractivity contribution in [3.63, 3.8) is 0 Å². The summed E-state index contributed by atoms with van der Waals surface area (Å²) >= 11 is 3.27. The number of anilines is 1. The lowest BCUT2D eigenvalue weighted by atomic mass is 9.92. The van der Waals surface area contributed by atoms with Crippen molar-refractivity contribution in [3.05, 3.63) is 82.7 Å². The van der Waals surface area contributed by atoms with E-state index >= 15 is 0 Å². The number of rotatable bonds is 6. The van der Waals surface area contributed by atoms with Crippen LogP contribution in [-0.4, -0.2) is 47.4 Å². The fraction of sp³-hybridized carbons (Fsp3) is 0.407. The second-order valence-corrected chi connectivity index (χ2v) is 11.0. The highest BCUT2D eigenvalue weighted by Crippen LogP contribution is 2.50. The molecule has 1 atom stereocenters. The van der Waals surface area contributed by atoms with Gasteiger partial charge in [0.2, 0.25) is 0 Å². The van der Waals surface area contributed by atoms with Crippen LogP contribution in [0, 0.1) is 6.92 Å². The summed E-state index contributed by atoms with van der Waals surface area (Å²) in [6, 6.07) is 15.8. The molecule has 1 aliphatic heterocycles. The van der Waals surface area contributed by atoms with Crippen molar-refractivity contribution in [3.8, 4) is 0 Å². The number of piperazine rings is 1. The van der Waals surface area contributed by atoms with Crippen LogP contribution in [-0.2, 0) is 12.0 Å². The van der Waals surface area contributed by atoms with Crippen molar-refractivity contribution >= 4 is 29.0 Å². The minimum absolute atomic E-state index is 0.0667. The van der Waals surface area contributed by atoms with Gasteiger partial charge in [-0.3, -0.25) is 0 Å². The maximum Gasteiger partial charge on any atom is 0.430 e. The first-order valence-electron chi connectivity index (χ1n) is 12.1. The summed E-state index contributed by atoms with van der Waals surface area (Å²) in [6.07, 6.45) is -11.2. The molecule has 1 aromatic heterocycles. The molecule has 208 valence electrons. The maximum absolute atomic E-state index is 13.3. The van der Waals surface area contributed by atoms with Gasteiger partial charge in [-0.1, -0.05) is 61.9 Å². The predicted octanol–water partition coefficient (Wildman–Crippen LogP) is 7.84. The third-order valence-electron chi connectivity index (χ3n) is 6.15. The van der Waals surface area contributed by atoms with Crippen molar-refractivity contribution in [2.45, 2.75) is 55.4 Å². The zero-order chi connectivity index (χ0) is 28.1. The standard InChI is InChI=1S/C25H24F6N2OS2.C2H6/c1-17-4-2-5-18(14-17)15-21-16-32(36-22-6-3-13-35-22)11-12-33(21)20-9-7-19(8-10-20)23(34,24(26,27)28)25(29,30)31;1-2/h2-10,13-14,21,34H,11-12,15-16H2,1H3;1-2H3. The van der Waals surface area contributed by atoms with Crippen LogP contribution in [0.5, 0.6) is 0 Å². The Hall–Kier alpha value is -2.21. The van der Waals surface area contributed by atoms with E-state index in [1.165, 1.54) is 12.1 Å². The Labute approximate surface area is 227 Å². The number of hydrogen-bond acceptors (Lipinski definition) is 5. The van der Waals surface area contributed by atoms with E-state index in [1.54, 1.807) is 23.3 Å². The van der Waals surface area contributed by atoms with Crippen LogP contribution in [0.2, 0.25) is 0 Å². The van der Waals surface area contributed by atoms with Gasteiger partial charge in [0, 0.05) is 36.9 Å². The van der Waals surface area contributed by atoms with Gasteiger partial charge in [-0.05, 0) is 54.4 Å². The van der Waals surface area contributed by atoms with Gasteiger partial charge >= 0.3 is 12.4 Å². The molecule has 1 fully saturated rings. The molecule has 0 saturated carbocycles. The number of benzene rings is 2. The fourth-order valence-corrected chi connectivity index (χ4v) is 6.28. The highest BCUT2D eigenvalue weighted by atomic mass is 32.2. The lowest BCUT2D eigenvalue weighted by molar-refractivity contribution is -0.376. The van der Waals surface area contributed by atoms with Gasteiger partial charge in [0.15, 0.2) is 0 Å². The van der Waals surface area contributed by atoms with Gasteiger partial charge in [-0.25, -0.2) is 4.31 Å². The number of hydrogen-bond donors (Lipinski definition) is 1. The van der Waals surface area contributed by atoms with Gasteiger partial charge in [0.1, 0.15) is 0 Å². The van der Waals surface area contributed by atoms with Crippen molar-refractivity contribution in [2.75, 3.05) is 24.5 Å². The van der Waals surface area contributed by atoms with Crippen LogP contribution < -0.4 is 4.90 Å². The maximum atomic E-state index is 13.3. The van der Waals surface area contributed by atoms with Gasteiger partial charge in [0.25, 0.3) is 5.60 Å². The summed E-state index contributed by atoms with van der Waals surface area (Å²) in [5, 5.41) is 11.7. The van der Waals surface area contributed by atoms with E-state index in [1.807, 2.05) is 61.4 Å². The first-order chi connectivity index (χ1) is 17.9. The normalized spacial score (nSPS) is 17.2. The number of nitrogens with zero attached hydrogens (tertiary/aromatic N) is 2. The molecule has 0 radical (unpaired) electrons. The Balaban J connectivity index is 0.00000195. The lowest BCUT2D eigenvalue weighted by Crippen LogP contribution is -2.54. The number of aliphatic hydroxyl groups is 1. The predicted molar refractivity (Wildman–Crippen MR) is 142 cm³/mol. The van der Waals surface area contributed by atoms with Crippen molar-refractivity contribution < 1.29 is 31.4 Å².